The van der Waals surface area contributed by atoms with Crippen molar-refractivity contribution in [1.29, 1.82) is 0 Å². The molecule has 0 N–H and O–H groups in total. The van der Waals surface area contributed by atoms with Crippen LogP contribution in [-0.2, 0) is 4.79 Å². The molecule has 0 saturated carbocycles. The van der Waals surface area contributed by atoms with E-state index in [0.717, 1.165) is 34.8 Å². The second-order valence-electron chi connectivity index (χ2n) is 8.97. The Morgan fingerprint density at radius 1 is 1.04 bits per heavy atom. The first kappa shape index (κ1) is 18.7. The van der Waals surface area contributed by atoms with Crippen LogP contribution < -0.4 is 4.90 Å². The highest BCUT2D eigenvalue weighted by Gasteiger charge is 2.41. The first-order valence-corrected chi connectivity index (χ1v) is 10.00. The Kier molecular flexibility index (Phi) is 4.49. The van der Waals surface area contributed by atoms with Gasteiger partial charge in [0.25, 0.3) is 0 Å². The molecule has 2 aromatic rings. The molecule has 0 bridgehead atoms. The first-order chi connectivity index (χ1) is 13.3. The molecule has 2 heterocycles. The highest BCUT2D eigenvalue weighted by Crippen LogP contribution is 2.48. The molecule has 1 aromatic heterocycles. The summed E-state index contributed by atoms with van der Waals surface area (Å²) in [5.74, 6) is 1.17. The van der Waals surface area contributed by atoms with Gasteiger partial charge in [0.15, 0.2) is 5.78 Å². The molecule has 0 spiro atoms. The maximum absolute atomic E-state index is 13.3. The number of carbonyl (C=O) groups is 1. The minimum Gasteiger partial charge on any atom is -0.303 e. The maximum Gasteiger partial charge on any atom is 0.162 e. The second kappa shape index (κ2) is 6.73. The molecule has 4 rings (SSSR count). The number of hydrogen-bond acceptors (Lipinski definition) is 3. The molecule has 1 aliphatic carbocycles. The number of aromatic nitrogens is 1. The zero-order valence-corrected chi connectivity index (χ0v) is 17.4. The lowest BCUT2D eigenvalue weighted by Crippen LogP contribution is -2.38. The van der Waals surface area contributed by atoms with Gasteiger partial charge < -0.3 is 4.90 Å². The summed E-state index contributed by atoms with van der Waals surface area (Å²) in [4.78, 5) is 20.2. The number of hydrogen-bond donors (Lipinski definition) is 0. The average Bonchev–Trinajstić information content (AvgIpc) is 2.61. The van der Waals surface area contributed by atoms with E-state index in [-0.39, 0.29) is 17.1 Å². The van der Waals surface area contributed by atoms with E-state index < -0.39 is 0 Å². The smallest absolute Gasteiger partial charge is 0.162 e. The largest absolute Gasteiger partial charge is 0.303 e. The van der Waals surface area contributed by atoms with E-state index in [9.17, 15) is 4.79 Å². The van der Waals surface area contributed by atoms with Crippen molar-refractivity contribution in [2.75, 3.05) is 4.90 Å². The minimum absolute atomic E-state index is 0.0153. The van der Waals surface area contributed by atoms with Crippen LogP contribution in [0, 0.1) is 19.3 Å². The molecule has 1 aliphatic heterocycles. The number of Topliss-reactive ketones (excluding diaryl/α,β-unsaturated/α-hetero) is 1. The molecule has 0 amide bonds. The molecule has 0 fully saturated rings. The van der Waals surface area contributed by atoms with Crippen molar-refractivity contribution in [2.45, 2.75) is 53.4 Å². The molecule has 28 heavy (non-hydrogen) atoms. The van der Waals surface area contributed by atoms with Crippen molar-refractivity contribution >= 4 is 11.6 Å². The zero-order valence-electron chi connectivity index (χ0n) is 17.4. The quantitative estimate of drug-likeness (QED) is 0.663. The van der Waals surface area contributed by atoms with E-state index in [1.54, 1.807) is 0 Å². The standard InChI is InChI=1S/C25H28N2O/c1-16-10-11-23(26-15-16)27-18(3)12-20(19-9-7-6-8-17(19)2)24-21(27)13-25(4,5)14-22(24)28/h6-12,15,20H,13-14H2,1-5H3. The van der Waals surface area contributed by atoms with Gasteiger partial charge in [-0.05, 0) is 55.4 Å². The van der Waals surface area contributed by atoms with Gasteiger partial charge in [0, 0.05) is 35.5 Å². The lowest BCUT2D eigenvalue weighted by Gasteiger charge is -2.43. The fraction of sp³-hybridized carbons (Fsp3) is 0.360. The fourth-order valence-electron chi connectivity index (χ4n) is 4.56. The second-order valence-corrected chi connectivity index (χ2v) is 8.97. The van der Waals surface area contributed by atoms with E-state index in [1.165, 1.54) is 11.1 Å². The maximum atomic E-state index is 13.3. The summed E-state index contributed by atoms with van der Waals surface area (Å²) < 4.78 is 0. The van der Waals surface area contributed by atoms with Crippen LogP contribution in [0.15, 0.2) is 65.6 Å². The van der Waals surface area contributed by atoms with Gasteiger partial charge in [0.1, 0.15) is 5.82 Å². The van der Waals surface area contributed by atoms with E-state index in [0.29, 0.717) is 6.42 Å². The van der Waals surface area contributed by atoms with Gasteiger partial charge in [-0.3, -0.25) is 4.79 Å². The van der Waals surface area contributed by atoms with Crippen LogP contribution in [0.3, 0.4) is 0 Å². The Balaban J connectivity index is 1.92. The Morgan fingerprint density at radius 3 is 2.46 bits per heavy atom. The van der Waals surface area contributed by atoms with Crippen molar-refractivity contribution in [3.63, 3.8) is 0 Å². The number of allylic oxidation sites excluding steroid dienone is 4. The number of pyridine rings is 1. The van der Waals surface area contributed by atoms with Crippen LogP contribution in [0.4, 0.5) is 5.82 Å². The van der Waals surface area contributed by atoms with Gasteiger partial charge in [0.2, 0.25) is 0 Å². The molecular weight excluding hydrogens is 344 g/mol. The van der Waals surface area contributed by atoms with Crippen LogP contribution in [-0.4, -0.2) is 10.8 Å². The summed E-state index contributed by atoms with van der Waals surface area (Å²) in [5.41, 5.74) is 6.73. The lowest BCUT2D eigenvalue weighted by molar-refractivity contribution is -0.118. The molecule has 1 unspecified atom stereocenters. The number of benzene rings is 1. The van der Waals surface area contributed by atoms with Crippen molar-refractivity contribution in [3.05, 3.63) is 82.3 Å². The summed E-state index contributed by atoms with van der Waals surface area (Å²) in [7, 11) is 0. The number of carbonyl (C=O) groups excluding carboxylic acids is 1. The van der Waals surface area contributed by atoms with Crippen LogP contribution in [0.2, 0.25) is 0 Å². The number of anilines is 1. The minimum atomic E-state index is -0.0488. The Labute approximate surface area is 167 Å². The molecule has 3 nitrogen and oxygen atoms in total. The normalized spacial score (nSPS) is 21.5. The summed E-state index contributed by atoms with van der Waals surface area (Å²) in [6.45, 7) is 10.7. The monoisotopic (exact) mass is 372 g/mol. The number of aryl methyl sites for hydroxylation is 2. The van der Waals surface area contributed by atoms with Crippen LogP contribution in [0.5, 0.6) is 0 Å². The van der Waals surface area contributed by atoms with Gasteiger partial charge in [-0.25, -0.2) is 4.98 Å². The highest BCUT2D eigenvalue weighted by molar-refractivity contribution is 6.01. The van der Waals surface area contributed by atoms with Crippen molar-refractivity contribution in [3.8, 4) is 0 Å². The zero-order chi connectivity index (χ0) is 20.1. The van der Waals surface area contributed by atoms with E-state index in [4.69, 9.17) is 0 Å². The van der Waals surface area contributed by atoms with Gasteiger partial charge in [-0.2, -0.15) is 0 Å². The molecule has 3 heteroatoms. The molecule has 0 saturated heterocycles. The Bertz CT molecular complexity index is 995. The number of ketones is 1. The summed E-state index contributed by atoms with van der Waals surface area (Å²) in [5, 5.41) is 0. The third-order valence-corrected chi connectivity index (χ3v) is 5.89. The van der Waals surface area contributed by atoms with Crippen molar-refractivity contribution in [2.24, 2.45) is 5.41 Å². The molecule has 1 atom stereocenters. The van der Waals surface area contributed by atoms with Crippen LogP contribution in [0.25, 0.3) is 0 Å². The number of nitrogens with zero attached hydrogens (tertiary/aromatic N) is 2. The van der Waals surface area contributed by atoms with Gasteiger partial charge >= 0.3 is 0 Å². The summed E-state index contributed by atoms with van der Waals surface area (Å²) >= 11 is 0. The Hall–Kier alpha value is -2.68. The van der Waals surface area contributed by atoms with Crippen molar-refractivity contribution in [1.82, 2.24) is 4.98 Å². The molecule has 2 aliphatic rings. The SMILES string of the molecule is CC1=CC(c2ccccc2C)C2=C(CC(C)(C)CC2=O)N1c1ccc(C)cn1. The molecule has 0 radical (unpaired) electrons. The predicted octanol–water partition coefficient (Wildman–Crippen LogP) is 5.85. The molecular formula is C25H28N2O. The molecule has 1 aromatic carbocycles. The van der Waals surface area contributed by atoms with E-state index >= 15 is 0 Å². The topological polar surface area (TPSA) is 33.2 Å². The van der Waals surface area contributed by atoms with E-state index in [2.05, 4.69) is 80.1 Å². The predicted molar refractivity (Wildman–Crippen MR) is 114 cm³/mol. The molecule has 144 valence electrons. The first-order valence-electron chi connectivity index (χ1n) is 10.00. The third kappa shape index (κ3) is 3.19. The van der Waals surface area contributed by atoms with Gasteiger partial charge in [-0.15, -0.1) is 0 Å². The Morgan fingerprint density at radius 2 is 1.79 bits per heavy atom. The van der Waals surface area contributed by atoms with Gasteiger partial charge in [-0.1, -0.05) is 50.3 Å². The van der Waals surface area contributed by atoms with Gasteiger partial charge in [0.05, 0.1) is 0 Å². The van der Waals surface area contributed by atoms with Crippen molar-refractivity contribution < 1.29 is 4.79 Å². The average molecular weight is 373 g/mol. The lowest BCUT2D eigenvalue weighted by atomic mass is 9.70. The highest BCUT2D eigenvalue weighted by atomic mass is 16.1. The van der Waals surface area contributed by atoms with Crippen LogP contribution >= 0.6 is 0 Å². The van der Waals surface area contributed by atoms with Crippen LogP contribution in [0.1, 0.15) is 56.2 Å². The summed E-state index contributed by atoms with van der Waals surface area (Å²) in [6.07, 6.45) is 5.60. The van der Waals surface area contributed by atoms with E-state index in [1.807, 2.05) is 13.1 Å². The fourth-order valence-corrected chi connectivity index (χ4v) is 4.56. The third-order valence-electron chi connectivity index (χ3n) is 5.89. The number of rotatable bonds is 2. The summed E-state index contributed by atoms with van der Waals surface area (Å²) in [6, 6.07) is 12.5.